The third-order valence-corrected chi connectivity index (χ3v) is 3.53. The number of imidazole rings is 1. The highest BCUT2D eigenvalue weighted by Gasteiger charge is 2.12. The van der Waals surface area contributed by atoms with Crippen LogP contribution >= 0.6 is 27.5 Å². The van der Waals surface area contributed by atoms with Gasteiger partial charge in [-0.05, 0) is 30.3 Å². The monoisotopic (exact) mass is 321 g/mol. The van der Waals surface area contributed by atoms with Gasteiger partial charge in [0.1, 0.15) is 0 Å². The van der Waals surface area contributed by atoms with Gasteiger partial charge in [-0.25, -0.2) is 4.98 Å². The molecule has 0 saturated carbocycles. The van der Waals surface area contributed by atoms with Gasteiger partial charge in [-0.1, -0.05) is 39.7 Å². The number of hydrogen-bond acceptors (Lipinski definition) is 2. The van der Waals surface area contributed by atoms with Crippen LogP contribution in [-0.2, 0) is 0 Å². The molecule has 0 aliphatic heterocycles. The molecule has 0 amide bonds. The van der Waals surface area contributed by atoms with Gasteiger partial charge in [0.15, 0.2) is 0 Å². The molecule has 3 rings (SSSR count). The second-order valence-corrected chi connectivity index (χ2v) is 5.21. The highest BCUT2D eigenvalue weighted by atomic mass is 79.9. The van der Waals surface area contributed by atoms with Crippen LogP contribution in [0.1, 0.15) is 0 Å². The smallest absolute Gasteiger partial charge is 0.205 e. The summed E-state index contributed by atoms with van der Waals surface area (Å²) in [5.74, 6) is 0.431. The van der Waals surface area contributed by atoms with Crippen molar-refractivity contribution in [2.45, 2.75) is 0 Å². The molecule has 90 valence electrons. The topological polar surface area (TPSA) is 43.8 Å². The van der Waals surface area contributed by atoms with E-state index >= 15 is 0 Å². The summed E-state index contributed by atoms with van der Waals surface area (Å²) in [5, 5.41) is 0.624. The molecule has 1 heterocycles. The Morgan fingerprint density at radius 2 is 1.94 bits per heavy atom. The van der Waals surface area contributed by atoms with E-state index in [1.54, 1.807) is 0 Å². The lowest BCUT2D eigenvalue weighted by Crippen LogP contribution is -2.01. The van der Waals surface area contributed by atoms with Gasteiger partial charge in [0.25, 0.3) is 0 Å². The molecule has 0 unspecified atom stereocenters. The Bertz CT molecular complexity index is 736. The number of fused-ring (bicyclic) bond motifs is 1. The number of nitrogens with two attached hydrogens (primary N) is 1. The van der Waals surface area contributed by atoms with Crippen molar-refractivity contribution in [3.05, 3.63) is 52.0 Å². The van der Waals surface area contributed by atoms with Gasteiger partial charge in [0.05, 0.1) is 21.7 Å². The van der Waals surface area contributed by atoms with Crippen LogP contribution in [0.4, 0.5) is 5.95 Å². The van der Waals surface area contributed by atoms with E-state index in [9.17, 15) is 0 Å². The van der Waals surface area contributed by atoms with E-state index in [4.69, 9.17) is 17.3 Å². The summed E-state index contributed by atoms with van der Waals surface area (Å²) >= 11 is 9.65. The van der Waals surface area contributed by atoms with Gasteiger partial charge in [0.2, 0.25) is 5.95 Å². The van der Waals surface area contributed by atoms with Crippen LogP contribution in [0, 0.1) is 0 Å². The van der Waals surface area contributed by atoms with E-state index < -0.39 is 0 Å². The number of halogens is 2. The highest BCUT2D eigenvalue weighted by Crippen LogP contribution is 2.29. The lowest BCUT2D eigenvalue weighted by Gasteiger charge is -2.08. The van der Waals surface area contributed by atoms with E-state index in [-0.39, 0.29) is 0 Å². The van der Waals surface area contributed by atoms with Crippen LogP contribution in [0.25, 0.3) is 16.7 Å². The molecule has 0 saturated heterocycles. The zero-order chi connectivity index (χ0) is 12.7. The Morgan fingerprint density at radius 1 is 1.17 bits per heavy atom. The number of nitrogens with zero attached hydrogens (tertiary/aromatic N) is 2. The first kappa shape index (κ1) is 11.6. The maximum atomic E-state index is 6.26. The fraction of sp³-hybridized carbons (Fsp3) is 0. The van der Waals surface area contributed by atoms with Crippen molar-refractivity contribution in [3.63, 3.8) is 0 Å². The van der Waals surface area contributed by atoms with E-state index in [0.29, 0.717) is 11.0 Å². The first-order chi connectivity index (χ1) is 8.66. The van der Waals surface area contributed by atoms with Crippen LogP contribution in [0.3, 0.4) is 0 Å². The molecule has 2 aromatic carbocycles. The van der Waals surface area contributed by atoms with Crippen molar-refractivity contribution in [1.29, 1.82) is 0 Å². The molecule has 2 N–H and O–H groups in total. The fourth-order valence-electron chi connectivity index (χ4n) is 1.96. The Balaban J connectivity index is 2.34. The maximum absolute atomic E-state index is 6.26. The second kappa shape index (κ2) is 4.30. The molecule has 3 aromatic rings. The Kier molecular flexibility index (Phi) is 2.76. The van der Waals surface area contributed by atoms with Gasteiger partial charge < -0.3 is 5.73 Å². The van der Waals surface area contributed by atoms with Crippen LogP contribution in [0.5, 0.6) is 0 Å². The third kappa shape index (κ3) is 1.78. The van der Waals surface area contributed by atoms with E-state index in [2.05, 4.69) is 20.9 Å². The average molecular weight is 323 g/mol. The molecular formula is C13H9BrClN3. The number of para-hydroxylation sites is 2. The predicted octanol–water partition coefficient (Wildman–Crippen LogP) is 4.02. The van der Waals surface area contributed by atoms with Crippen molar-refractivity contribution in [3.8, 4) is 5.69 Å². The van der Waals surface area contributed by atoms with Gasteiger partial charge >= 0.3 is 0 Å². The van der Waals surface area contributed by atoms with Gasteiger partial charge in [0, 0.05) is 4.47 Å². The van der Waals surface area contributed by atoms with Crippen molar-refractivity contribution in [2.24, 2.45) is 0 Å². The number of aromatic nitrogens is 2. The van der Waals surface area contributed by atoms with Crippen molar-refractivity contribution in [2.75, 3.05) is 5.73 Å². The second-order valence-electron chi connectivity index (χ2n) is 3.89. The molecule has 0 spiro atoms. The summed E-state index contributed by atoms with van der Waals surface area (Å²) in [4.78, 5) is 4.32. The number of hydrogen-bond donors (Lipinski definition) is 1. The van der Waals surface area contributed by atoms with Gasteiger partial charge in [-0.15, -0.1) is 0 Å². The molecule has 0 aliphatic rings. The SMILES string of the molecule is Nc1nc2ccccc2n1-c1ccc(Br)cc1Cl. The first-order valence-corrected chi connectivity index (χ1v) is 6.52. The molecular weight excluding hydrogens is 314 g/mol. The highest BCUT2D eigenvalue weighted by molar-refractivity contribution is 9.10. The van der Waals surface area contributed by atoms with Crippen LogP contribution < -0.4 is 5.73 Å². The summed E-state index contributed by atoms with van der Waals surface area (Å²) in [7, 11) is 0. The molecule has 0 fully saturated rings. The third-order valence-electron chi connectivity index (χ3n) is 2.74. The summed E-state index contributed by atoms with van der Waals surface area (Å²) < 4.78 is 2.78. The summed E-state index contributed by atoms with van der Waals surface area (Å²) in [6, 6.07) is 13.5. The Hall–Kier alpha value is -1.52. The molecule has 3 nitrogen and oxygen atoms in total. The number of rotatable bonds is 1. The minimum Gasteiger partial charge on any atom is -0.369 e. The van der Waals surface area contributed by atoms with Gasteiger partial charge in [-0.3, -0.25) is 4.57 Å². The van der Waals surface area contributed by atoms with Crippen LogP contribution in [0.15, 0.2) is 46.9 Å². The molecule has 0 aliphatic carbocycles. The number of anilines is 1. The summed E-state index contributed by atoms with van der Waals surface area (Å²) in [5.41, 5.74) is 8.60. The predicted molar refractivity (Wildman–Crippen MR) is 78.2 cm³/mol. The first-order valence-electron chi connectivity index (χ1n) is 5.35. The Labute approximate surface area is 117 Å². The maximum Gasteiger partial charge on any atom is 0.205 e. The molecule has 0 radical (unpaired) electrons. The van der Waals surface area contributed by atoms with E-state index in [1.807, 2.05) is 47.0 Å². The average Bonchev–Trinajstić information content (AvgIpc) is 2.66. The van der Waals surface area contributed by atoms with Crippen molar-refractivity contribution >= 4 is 44.5 Å². The molecule has 5 heteroatoms. The van der Waals surface area contributed by atoms with Crippen LogP contribution in [-0.4, -0.2) is 9.55 Å². The zero-order valence-corrected chi connectivity index (χ0v) is 11.6. The normalized spacial score (nSPS) is 11.0. The summed E-state index contributed by atoms with van der Waals surface area (Å²) in [6.45, 7) is 0. The molecule has 1 aromatic heterocycles. The van der Waals surface area contributed by atoms with Crippen molar-refractivity contribution in [1.82, 2.24) is 9.55 Å². The fourth-order valence-corrected chi connectivity index (χ4v) is 2.72. The molecule has 0 bridgehead atoms. The van der Waals surface area contributed by atoms with Crippen molar-refractivity contribution < 1.29 is 0 Å². The van der Waals surface area contributed by atoms with Crippen LogP contribution in [0.2, 0.25) is 5.02 Å². The standard InChI is InChI=1S/C13H9BrClN3/c14-8-5-6-11(9(15)7-8)18-12-4-2-1-3-10(12)17-13(18)16/h1-7H,(H2,16,17). The molecule has 18 heavy (non-hydrogen) atoms. The summed E-state index contributed by atoms with van der Waals surface area (Å²) in [6.07, 6.45) is 0. The largest absolute Gasteiger partial charge is 0.369 e. The number of benzene rings is 2. The van der Waals surface area contributed by atoms with E-state index in [1.165, 1.54) is 0 Å². The van der Waals surface area contributed by atoms with E-state index in [0.717, 1.165) is 21.2 Å². The lowest BCUT2D eigenvalue weighted by atomic mass is 10.3. The minimum absolute atomic E-state index is 0.431. The lowest BCUT2D eigenvalue weighted by molar-refractivity contribution is 1.11. The van der Waals surface area contributed by atoms with Gasteiger partial charge in [-0.2, -0.15) is 0 Å². The zero-order valence-electron chi connectivity index (χ0n) is 9.27. The molecule has 0 atom stereocenters. The Morgan fingerprint density at radius 3 is 2.72 bits per heavy atom. The number of nitrogen functional groups attached to an aromatic ring is 1. The minimum atomic E-state index is 0.431. The quantitative estimate of drug-likeness (QED) is 0.735.